The van der Waals surface area contributed by atoms with Gasteiger partial charge >= 0.3 is 0 Å². The van der Waals surface area contributed by atoms with Crippen molar-refractivity contribution in [2.45, 2.75) is 56.5 Å². The zero-order valence-electron chi connectivity index (χ0n) is 17.6. The van der Waals surface area contributed by atoms with E-state index in [1.165, 1.54) is 18.6 Å². The molecular formula is C22H31N3O4S. The number of likely N-dealkylation sites (tertiary alicyclic amines) is 1. The predicted octanol–water partition coefficient (Wildman–Crippen LogP) is 3.31. The summed E-state index contributed by atoms with van der Waals surface area (Å²) >= 11 is 0. The molecule has 0 aliphatic carbocycles. The van der Waals surface area contributed by atoms with Gasteiger partial charge in [0, 0.05) is 18.2 Å². The summed E-state index contributed by atoms with van der Waals surface area (Å²) in [5.74, 6) is 0.608. The highest BCUT2D eigenvalue weighted by Gasteiger charge is 2.25. The van der Waals surface area contributed by atoms with Crippen molar-refractivity contribution in [1.29, 1.82) is 0 Å². The first-order chi connectivity index (χ1) is 14.4. The molecule has 1 aliphatic heterocycles. The fourth-order valence-electron chi connectivity index (χ4n) is 3.61. The summed E-state index contributed by atoms with van der Waals surface area (Å²) in [6.45, 7) is 6.13. The summed E-state index contributed by atoms with van der Waals surface area (Å²) in [6, 6.07) is 9.67. The molecule has 2 aromatic rings. The second kappa shape index (κ2) is 10.2. The van der Waals surface area contributed by atoms with Crippen LogP contribution in [0.15, 0.2) is 52.0 Å². The SMILES string of the molecule is CCC(C)NS(=O)(=O)c1ccc(C(=O)NCC(c2ccco2)N2CCCCC2)cc1. The average Bonchev–Trinajstić information content (AvgIpc) is 3.29. The number of nitrogens with one attached hydrogen (secondary N) is 2. The lowest BCUT2D eigenvalue weighted by molar-refractivity contribution is 0.0914. The normalized spacial score (nSPS) is 17.4. The molecule has 2 unspecified atom stereocenters. The summed E-state index contributed by atoms with van der Waals surface area (Å²) in [5.41, 5.74) is 0.425. The van der Waals surface area contributed by atoms with Gasteiger partial charge in [0.25, 0.3) is 5.91 Å². The van der Waals surface area contributed by atoms with Crippen LogP contribution in [0.5, 0.6) is 0 Å². The van der Waals surface area contributed by atoms with Crippen LogP contribution >= 0.6 is 0 Å². The van der Waals surface area contributed by atoms with Crippen LogP contribution in [0.25, 0.3) is 0 Å². The standard InChI is InChI=1S/C22H31N3O4S/c1-3-17(2)24-30(27,28)19-11-9-18(10-12-19)22(26)23-16-20(21-8-7-15-29-21)25-13-5-4-6-14-25/h7-12,15,17,20,24H,3-6,13-14,16H2,1-2H3,(H,23,26). The molecule has 1 amide bonds. The Balaban J connectivity index is 1.64. The van der Waals surface area contributed by atoms with Crippen molar-refractivity contribution in [3.63, 3.8) is 0 Å². The highest BCUT2D eigenvalue weighted by molar-refractivity contribution is 7.89. The van der Waals surface area contributed by atoms with Crippen LogP contribution < -0.4 is 10.0 Å². The van der Waals surface area contributed by atoms with Gasteiger partial charge in [0.05, 0.1) is 17.2 Å². The van der Waals surface area contributed by atoms with Gasteiger partial charge in [-0.3, -0.25) is 9.69 Å². The number of amides is 1. The van der Waals surface area contributed by atoms with E-state index < -0.39 is 10.0 Å². The van der Waals surface area contributed by atoms with E-state index >= 15 is 0 Å². The van der Waals surface area contributed by atoms with Gasteiger partial charge in [-0.15, -0.1) is 0 Å². The molecule has 8 heteroatoms. The fraction of sp³-hybridized carbons (Fsp3) is 0.500. The van der Waals surface area contributed by atoms with Crippen LogP contribution in [0.3, 0.4) is 0 Å². The van der Waals surface area contributed by atoms with E-state index in [1.807, 2.05) is 26.0 Å². The van der Waals surface area contributed by atoms with Gasteiger partial charge in [-0.1, -0.05) is 13.3 Å². The van der Waals surface area contributed by atoms with Crippen molar-refractivity contribution < 1.29 is 17.6 Å². The quantitative estimate of drug-likeness (QED) is 0.633. The summed E-state index contributed by atoms with van der Waals surface area (Å²) < 4.78 is 33.0. The third-order valence-electron chi connectivity index (χ3n) is 5.55. The van der Waals surface area contributed by atoms with E-state index in [0.29, 0.717) is 18.5 Å². The molecule has 164 valence electrons. The van der Waals surface area contributed by atoms with Crippen LogP contribution in [-0.2, 0) is 10.0 Å². The van der Waals surface area contributed by atoms with Crippen LogP contribution in [0.2, 0.25) is 0 Å². The molecule has 2 N–H and O–H groups in total. The largest absolute Gasteiger partial charge is 0.468 e. The highest BCUT2D eigenvalue weighted by atomic mass is 32.2. The first kappa shape index (κ1) is 22.5. The molecule has 2 heterocycles. The molecule has 0 saturated carbocycles. The van der Waals surface area contributed by atoms with E-state index in [-0.39, 0.29) is 22.9 Å². The van der Waals surface area contributed by atoms with Crippen molar-refractivity contribution in [2.75, 3.05) is 19.6 Å². The summed E-state index contributed by atoms with van der Waals surface area (Å²) in [5, 5.41) is 2.98. The Labute approximate surface area is 178 Å². The molecule has 0 bridgehead atoms. The minimum absolute atomic E-state index is 0.0105. The van der Waals surface area contributed by atoms with Gasteiger partial charge in [0.2, 0.25) is 10.0 Å². The molecule has 1 aromatic carbocycles. The lowest BCUT2D eigenvalue weighted by atomic mass is 10.1. The van der Waals surface area contributed by atoms with Crippen LogP contribution in [0.4, 0.5) is 0 Å². The maximum Gasteiger partial charge on any atom is 0.251 e. The molecule has 0 spiro atoms. The lowest BCUT2D eigenvalue weighted by Crippen LogP contribution is -2.40. The number of sulfonamides is 1. The van der Waals surface area contributed by atoms with E-state index in [4.69, 9.17) is 4.42 Å². The molecular weight excluding hydrogens is 402 g/mol. The van der Waals surface area contributed by atoms with Gasteiger partial charge in [0.15, 0.2) is 0 Å². The Kier molecular flexibility index (Phi) is 7.69. The number of hydrogen-bond donors (Lipinski definition) is 2. The molecule has 7 nitrogen and oxygen atoms in total. The first-order valence-electron chi connectivity index (χ1n) is 10.6. The Hall–Kier alpha value is -2.16. The van der Waals surface area contributed by atoms with Crippen molar-refractivity contribution in [2.24, 2.45) is 0 Å². The van der Waals surface area contributed by atoms with Gasteiger partial charge in [-0.05, 0) is 75.7 Å². The van der Waals surface area contributed by atoms with Crippen molar-refractivity contribution in [3.8, 4) is 0 Å². The number of carbonyl (C=O) groups excluding carboxylic acids is 1. The fourth-order valence-corrected chi connectivity index (χ4v) is 4.94. The molecule has 1 aromatic heterocycles. The average molecular weight is 434 g/mol. The van der Waals surface area contributed by atoms with Crippen molar-refractivity contribution in [1.82, 2.24) is 14.9 Å². The molecule has 1 aliphatic rings. The number of rotatable bonds is 9. The number of furan rings is 1. The minimum atomic E-state index is -3.58. The number of piperidine rings is 1. The van der Waals surface area contributed by atoms with E-state index in [2.05, 4.69) is 14.9 Å². The summed E-state index contributed by atoms with van der Waals surface area (Å²) in [6.07, 6.45) is 5.88. The first-order valence-corrected chi connectivity index (χ1v) is 12.1. The van der Waals surface area contributed by atoms with Gasteiger partial charge < -0.3 is 9.73 Å². The van der Waals surface area contributed by atoms with Crippen molar-refractivity contribution >= 4 is 15.9 Å². The van der Waals surface area contributed by atoms with Crippen molar-refractivity contribution in [3.05, 3.63) is 54.0 Å². The molecule has 1 fully saturated rings. The number of benzene rings is 1. The van der Waals surface area contributed by atoms with Gasteiger partial charge in [0.1, 0.15) is 5.76 Å². The Morgan fingerprint density at radius 1 is 1.13 bits per heavy atom. The van der Waals surface area contributed by atoms with E-state index in [9.17, 15) is 13.2 Å². The number of carbonyl (C=O) groups is 1. The van der Waals surface area contributed by atoms with Gasteiger partial charge in [-0.25, -0.2) is 13.1 Å². The van der Waals surface area contributed by atoms with Crippen LogP contribution in [0, 0.1) is 0 Å². The van der Waals surface area contributed by atoms with Crippen LogP contribution in [-0.4, -0.2) is 44.9 Å². The van der Waals surface area contributed by atoms with Gasteiger partial charge in [-0.2, -0.15) is 0 Å². The lowest BCUT2D eigenvalue weighted by Gasteiger charge is -2.33. The van der Waals surface area contributed by atoms with E-state index in [0.717, 1.165) is 31.7 Å². The maximum absolute atomic E-state index is 12.7. The Bertz CT molecular complexity index is 904. The molecule has 3 rings (SSSR count). The topological polar surface area (TPSA) is 91.6 Å². The zero-order valence-corrected chi connectivity index (χ0v) is 18.5. The predicted molar refractivity (Wildman–Crippen MR) is 116 cm³/mol. The Morgan fingerprint density at radius 3 is 2.43 bits per heavy atom. The summed E-state index contributed by atoms with van der Waals surface area (Å²) in [7, 11) is -3.58. The highest BCUT2D eigenvalue weighted by Crippen LogP contribution is 2.24. The second-order valence-corrected chi connectivity index (χ2v) is 9.51. The zero-order chi connectivity index (χ0) is 21.6. The smallest absolute Gasteiger partial charge is 0.251 e. The molecule has 1 saturated heterocycles. The maximum atomic E-state index is 12.7. The Morgan fingerprint density at radius 2 is 1.83 bits per heavy atom. The third-order valence-corrected chi connectivity index (χ3v) is 7.16. The monoisotopic (exact) mass is 433 g/mol. The number of hydrogen-bond acceptors (Lipinski definition) is 5. The van der Waals surface area contributed by atoms with Crippen LogP contribution in [0.1, 0.15) is 61.7 Å². The summed E-state index contributed by atoms with van der Waals surface area (Å²) in [4.78, 5) is 15.2. The third kappa shape index (κ3) is 5.71. The number of nitrogens with zero attached hydrogens (tertiary/aromatic N) is 1. The minimum Gasteiger partial charge on any atom is -0.468 e. The second-order valence-electron chi connectivity index (χ2n) is 7.79. The van der Waals surface area contributed by atoms with E-state index in [1.54, 1.807) is 18.4 Å². The molecule has 30 heavy (non-hydrogen) atoms. The molecule has 2 atom stereocenters. The molecule has 0 radical (unpaired) electrons.